The molecule has 0 unspecified atom stereocenters. The molecule has 0 spiro atoms. The molecule has 1 saturated heterocycles. The van der Waals surface area contributed by atoms with E-state index in [1.54, 1.807) is 0 Å². The van der Waals surface area contributed by atoms with Gasteiger partial charge < -0.3 is 19.7 Å². The quantitative estimate of drug-likeness (QED) is 0.649. The van der Waals surface area contributed by atoms with E-state index < -0.39 is 0 Å². The highest BCUT2D eigenvalue weighted by molar-refractivity contribution is 5.75. The normalized spacial score (nSPS) is 17.9. The van der Waals surface area contributed by atoms with Crippen molar-refractivity contribution in [1.29, 1.82) is 0 Å². The molecule has 1 N–H and O–H groups in total. The summed E-state index contributed by atoms with van der Waals surface area (Å²) in [5.74, 6) is 0.0705. The van der Waals surface area contributed by atoms with Gasteiger partial charge in [0.1, 0.15) is 0 Å². The zero-order chi connectivity index (χ0) is 13.2. The average Bonchev–Trinajstić information content (AvgIpc) is 2.39. The molecule has 0 saturated carbocycles. The lowest BCUT2D eigenvalue weighted by atomic mass is 10.1. The van der Waals surface area contributed by atoms with Crippen molar-refractivity contribution < 1.29 is 14.3 Å². The number of nitrogens with one attached hydrogen (secondary N) is 1. The smallest absolute Gasteiger partial charge is 0.219 e. The van der Waals surface area contributed by atoms with Crippen molar-refractivity contribution in [1.82, 2.24) is 10.2 Å². The highest BCUT2D eigenvalue weighted by Gasteiger charge is 2.16. The highest BCUT2D eigenvalue weighted by atomic mass is 16.5. The van der Waals surface area contributed by atoms with E-state index in [0.717, 1.165) is 25.9 Å². The zero-order valence-electron chi connectivity index (χ0n) is 11.6. The molecule has 106 valence electrons. The summed E-state index contributed by atoms with van der Waals surface area (Å²) in [6, 6.07) is 0. The molecule has 5 heteroatoms. The number of rotatable bonds is 8. The van der Waals surface area contributed by atoms with E-state index >= 15 is 0 Å². The van der Waals surface area contributed by atoms with E-state index in [-0.39, 0.29) is 5.91 Å². The van der Waals surface area contributed by atoms with Crippen LogP contribution in [-0.4, -0.2) is 63.4 Å². The van der Waals surface area contributed by atoms with Crippen LogP contribution in [0.15, 0.2) is 0 Å². The first kappa shape index (κ1) is 15.4. The van der Waals surface area contributed by atoms with E-state index in [9.17, 15) is 4.79 Å². The Hall–Kier alpha value is -0.650. The summed E-state index contributed by atoms with van der Waals surface area (Å²) in [7, 11) is 2.14. The predicted octanol–water partition coefficient (Wildman–Crippen LogP) is 0.640. The highest BCUT2D eigenvalue weighted by Crippen LogP contribution is 2.11. The van der Waals surface area contributed by atoms with Gasteiger partial charge in [0.15, 0.2) is 0 Å². The summed E-state index contributed by atoms with van der Waals surface area (Å²) in [6.07, 6.45) is 3.15. The van der Waals surface area contributed by atoms with E-state index in [2.05, 4.69) is 17.3 Å². The van der Waals surface area contributed by atoms with Crippen LogP contribution in [0.5, 0.6) is 0 Å². The molecular weight excluding hydrogens is 232 g/mol. The van der Waals surface area contributed by atoms with Gasteiger partial charge in [-0.3, -0.25) is 4.79 Å². The van der Waals surface area contributed by atoms with Crippen LogP contribution in [0.25, 0.3) is 0 Å². The van der Waals surface area contributed by atoms with Crippen molar-refractivity contribution in [3.63, 3.8) is 0 Å². The Kier molecular flexibility index (Phi) is 7.96. The SMILES string of the molecule is CCC(=O)NCCOCCOC1CCN(C)CC1. The van der Waals surface area contributed by atoms with Crippen molar-refractivity contribution in [3.05, 3.63) is 0 Å². The van der Waals surface area contributed by atoms with Gasteiger partial charge in [-0.15, -0.1) is 0 Å². The minimum absolute atomic E-state index is 0.0705. The Morgan fingerprint density at radius 3 is 2.67 bits per heavy atom. The second kappa shape index (κ2) is 9.30. The molecule has 1 aliphatic heterocycles. The fourth-order valence-corrected chi connectivity index (χ4v) is 1.91. The number of piperidine rings is 1. The number of nitrogens with zero attached hydrogens (tertiary/aromatic N) is 1. The van der Waals surface area contributed by atoms with Crippen molar-refractivity contribution in [3.8, 4) is 0 Å². The Morgan fingerprint density at radius 1 is 1.28 bits per heavy atom. The summed E-state index contributed by atoms with van der Waals surface area (Å²) in [5, 5.41) is 2.77. The maximum atomic E-state index is 10.9. The van der Waals surface area contributed by atoms with Crippen LogP contribution in [-0.2, 0) is 14.3 Å². The second-order valence-corrected chi connectivity index (χ2v) is 4.69. The van der Waals surface area contributed by atoms with Gasteiger partial charge >= 0.3 is 0 Å². The van der Waals surface area contributed by atoms with Crippen LogP contribution >= 0.6 is 0 Å². The van der Waals surface area contributed by atoms with Crippen molar-refractivity contribution in [2.24, 2.45) is 0 Å². The van der Waals surface area contributed by atoms with Gasteiger partial charge in [-0.05, 0) is 19.9 Å². The van der Waals surface area contributed by atoms with Crippen LogP contribution in [0.4, 0.5) is 0 Å². The van der Waals surface area contributed by atoms with Gasteiger partial charge in [-0.2, -0.15) is 0 Å². The first-order valence-corrected chi connectivity index (χ1v) is 6.87. The molecule has 0 aromatic rings. The van der Waals surface area contributed by atoms with Gasteiger partial charge in [0.25, 0.3) is 0 Å². The molecule has 1 fully saturated rings. The number of amides is 1. The summed E-state index contributed by atoms with van der Waals surface area (Å²) in [5.41, 5.74) is 0. The largest absolute Gasteiger partial charge is 0.377 e. The summed E-state index contributed by atoms with van der Waals surface area (Å²) < 4.78 is 11.1. The third-order valence-corrected chi connectivity index (χ3v) is 3.14. The van der Waals surface area contributed by atoms with Gasteiger partial charge in [0.2, 0.25) is 5.91 Å². The molecule has 0 bridgehead atoms. The van der Waals surface area contributed by atoms with Crippen molar-refractivity contribution in [2.75, 3.05) is 46.5 Å². The van der Waals surface area contributed by atoms with Gasteiger partial charge in [0, 0.05) is 26.1 Å². The molecule has 0 atom stereocenters. The summed E-state index contributed by atoms with van der Waals surface area (Å²) >= 11 is 0. The molecule has 1 amide bonds. The van der Waals surface area contributed by atoms with Crippen LogP contribution in [0.2, 0.25) is 0 Å². The maximum Gasteiger partial charge on any atom is 0.219 e. The number of carbonyl (C=O) groups excluding carboxylic acids is 1. The zero-order valence-corrected chi connectivity index (χ0v) is 11.6. The molecule has 5 nitrogen and oxygen atoms in total. The molecule has 0 aromatic carbocycles. The first-order valence-electron chi connectivity index (χ1n) is 6.87. The Morgan fingerprint density at radius 2 is 2.00 bits per heavy atom. The molecule has 0 aliphatic carbocycles. The topological polar surface area (TPSA) is 50.8 Å². The minimum atomic E-state index is 0.0705. The van der Waals surface area contributed by atoms with Crippen molar-refractivity contribution >= 4 is 5.91 Å². The molecule has 0 radical (unpaired) electrons. The number of carbonyl (C=O) groups is 1. The number of ether oxygens (including phenoxy) is 2. The van der Waals surface area contributed by atoms with Crippen LogP contribution < -0.4 is 5.32 Å². The van der Waals surface area contributed by atoms with E-state index in [0.29, 0.717) is 38.9 Å². The summed E-state index contributed by atoms with van der Waals surface area (Å²) in [4.78, 5) is 13.3. The lowest BCUT2D eigenvalue weighted by Gasteiger charge is -2.28. The maximum absolute atomic E-state index is 10.9. The van der Waals surface area contributed by atoms with Gasteiger partial charge in [-0.25, -0.2) is 0 Å². The van der Waals surface area contributed by atoms with E-state index in [1.165, 1.54) is 0 Å². The number of hydrogen-bond acceptors (Lipinski definition) is 4. The lowest BCUT2D eigenvalue weighted by molar-refractivity contribution is -0.121. The Labute approximate surface area is 110 Å². The first-order chi connectivity index (χ1) is 8.72. The summed E-state index contributed by atoms with van der Waals surface area (Å²) in [6.45, 7) is 6.47. The molecule has 1 rings (SSSR count). The van der Waals surface area contributed by atoms with Crippen LogP contribution in [0.1, 0.15) is 26.2 Å². The third kappa shape index (κ3) is 6.93. The fraction of sp³-hybridized carbons (Fsp3) is 0.923. The second-order valence-electron chi connectivity index (χ2n) is 4.69. The van der Waals surface area contributed by atoms with E-state index in [1.807, 2.05) is 6.92 Å². The monoisotopic (exact) mass is 258 g/mol. The van der Waals surface area contributed by atoms with Gasteiger partial charge in [0.05, 0.1) is 25.9 Å². The number of hydrogen-bond donors (Lipinski definition) is 1. The van der Waals surface area contributed by atoms with Crippen LogP contribution in [0.3, 0.4) is 0 Å². The molecular formula is C13H26N2O3. The van der Waals surface area contributed by atoms with E-state index in [4.69, 9.17) is 9.47 Å². The van der Waals surface area contributed by atoms with Gasteiger partial charge in [-0.1, -0.05) is 6.92 Å². The van der Waals surface area contributed by atoms with Crippen molar-refractivity contribution in [2.45, 2.75) is 32.3 Å². The number of likely N-dealkylation sites (tertiary alicyclic amines) is 1. The van der Waals surface area contributed by atoms with Crippen LogP contribution in [0, 0.1) is 0 Å². The molecule has 18 heavy (non-hydrogen) atoms. The Balaban J connectivity index is 1.85. The third-order valence-electron chi connectivity index (χ3n) is 3.14. The Bertz CT molecular complexity index is 228. The lowest BCUT2D eigenvalue weighted by Crippen LogP contribution is -2.34. The molecule has 1 aliphatic rings. The minimum Gasteiger partial charge on any atom is -0.377 e. The average molecular weight is 258 g/mol. The molecule has 1 heterocycles. The fourth-order valence-electron chi connectivity index (χ4n) is 1.91. The predicted molar refractivity (Wildman–Crippen MR) is 70.6 cm³/mol. The molecule has 0 aromatic heterocycles. The standard InChI is InChI=1S/C13H26N2O3/c1-3-13(16)14-6-9-17-10-11-18-12-4-7-15(2)8-5-12/h12H,3-11H2,1-2H3,(H,14,16).